The number of amides is 1. The number of thioether (sulfide) groups is 1. The minimum absolute atomic E-state index is 0.0212. The highest BCUT2D eigenvalue weighted by Gasteiger charge is 2.13. The summed E-state index contributed by atoms with van der Waals surface area (Å²) in [6, 6.07) is 7.16. The van der Waals surface area contributed by atoms with Crippen LogP contribution in [0.5, 0.6) is 0 Å². The van der Waals surface area contributed by atoms with Gasteiger partial charge in [-0.25, -0.2) is 0 Å². The molecule has 0 radical (unpaired) electrons. The third kappa shape index (κ3) is 6.45. The van der Waals surface area contributed by atoms with Gasteiger partial charge < -0.3 is 14.5 Å². The maximum Gasteiger partial charge on any atom is 0.277 e. The number of methoxy groups -OCH3 is 1. The van der Waals surface area contributed by atoms with Gasteiger partial charge in [0.05, 0.1) is 22.9 Å². The van der Waals surface area contributed by atoms with Crippen molar-refractivity contribution in [1.29, 1.82) is 0 Å². The molecular weight excluding hydrogens is 398 g/mol. The van der Waals surface area contributed by atoms with E-state index in [1.807, 2.05) is 19.1 Å². The Kier molecular flexibility index (Phi) is 8.10. The first kappa shape index (κ1) is 20.4. The molecule has 8 nitrogen and oxygen atoms in total. The first-order chi connectivity index (χ1) is 12.5. The van der Waals surface area contributed by atoms with E-state index in [1.165, 1.54) is 0 Å². The fourth-order valence-electron chi connectivity index (χ4n) is 1.85. The van der Waals surface area contributed by atoms with Crippen LogP contribution >= 0.6 is 35.6 Å². The molecule has 0 spiro atoms. The molecule has 1 atom stereocenters. The van der Waals surface area contributed by atoms with Crippen LogP contribution in [-0.4, -0.2) is 46.7 Å². The van der Waals surface area contributed by atoms with Crippen LogP contribution in [-0.2, 0) is 9.53 Å². The van der Waals surface area contributed by atoms with Gasteiger partial charge in [0.25, 0.3) is 5.22 Å². The Balaban J connectivity index is 1.76. The van der Waals surface area contributed by atoms with E-state index in [9.17, 15) is 4.79 Å². The molecule has 0 bridgehead atoms. The summed E-state index contributed by atoms with van der Waals surface area (Å²) in [5, 5.41) is 11.9. The monoisotopic (exact) mass is 415 g/mol. The van der Waals surface area contributed by atoms with Gasteiger partial charge in [0.2, 0.25) is 11.8 Å². The van der Waals surface area contributed by atoms with Crippen molar-refractivity contribution < 1.29 is 13.9 Å². The molecule has 2 aromatic rings. The number of hydrazine groups is 1. The molecule has 1 aromatic carbocycles. The lowest BCUT2D eigenvalue weighted by Gasteiger charge is -2.16. The summed E-state index contributed by atoms with van der Waals surface area (Å²) in [5.41, 5.74) is 5.74. The van der Waals surface area contributed by atoms with Gasteiger partial charge in [-0.05, 0) is 31.3 Å². The number of carbonyl (C=O) groups excluding carboxylic acids is 1. The molecule has 0 saturated carbocycles. The number of halogens is 1. The average Bonchev–Trinajstić information content (AvgIpc) is 3.07. The molecule has 0 aliphatic heterocycles. The number of aromatic nitrogens is 2. The molecule has 0 saturated heterocycles. The maximum atomic E-state index is 11.8. The molecule has 1 amide bonds. The van der Waals surface area contributed by atoms with Gasteiger partial charge in [-0.1, -0.05) is 35.5 Å². The number of rotatable bonds is 7. The average molecular weight is 416 g/mol. The lowest BCUT2D eigenvalue weighted by molar-refractivity contribution is -0.119. The Hall–Kier alpha value is -1.88. The highest BCUT2D eigenvalue weighted by atomic mass is 35.5. The second-order valence-electron chi connectivity index (χ2n) is 5.14. The van der Waals surface area contributed by atoms with E-state index in [0.29, 0.717) is 28.2 Å². The predicted molar refractivity (Wildman–Crippen MR) is 104 cm³/mol. The summed E-state index contributed by atoms with van der Waals surface area (Å²) in [6.07, 6.45) is 0. The van der Waals surface area contributed by atoms with Crippen molar-refractivity contribution >= 4 is 46.6 Å². The molecule has 0 aliphatic rings. The summed E-state index contributed by atoms with van der Waals surface area (Å²) >= 11 is 12.3. The van der Waals surface area contributed by atoms with E-state index >= 15 is 0 Å². The van der Waals surface area contributed by atoms with Gasteiger partial charge in [-0.2, -0.15) is 0 Å². The number of nitrogens with one attached hydrogen (secondary N) is 3. The Labute approximate surface area is 165 Å². The first-order valence-corrected chi connectivity index (χ1v) is 9.32. The SMILES string of the molecule is COC[C@@H](C)NC(=S)NNC(=O)CSc1nnc(-c2ccccc2Cl)o1. The van der Waals surface area contributed by atoms with Gasteiger partial charge in [-0.3, -0.25) is 15.6 Å². The maximum absolute atomic E-state index is 11.8. The minimum atomic E-state index is -0.295. The van der Waals surface area contributed by atoms with Gasteiger partial charge in [0.1, 0.15) is 0 Å². The van der Waals surface area contributed by atoms with Crippen molar-refractivity contribution in [3.05, 3.63) is 29.3 Å². The highest BCUT2D eigenvalue weighted by molar-refractivity contribution is 7.99. The fourth-order valence-corrected chi connectivity index (χ4v) is 2.88. The molecule has 1 aromatic heterocycles. The normalized spacial score (nSPS) is 11.7. The van der Waals surface area contributed by atoms with Crippen LogP contribution in [0.25, 0.3) is 11.5 Å². The van der Waals surface area contributed by atoms with Crippen LogP contribution in [0.15, 0.2) is 33.9 Å². The van der Waals surface area contributed by atoms with Crippen LogP contribution in [0.2, 0.25) is 5.02 Å². The quantitative estimate of drug-likeness (QED) is 0.356. The van der Waals surface area contributed by atoms with Crippen LogP contribution in [0.1, 0.15) is 6.92 Å². The summed E-state index contributed by atoms with van der Waals surface area (Å²) < 4.78 is 10.5. The van der Waals surface area contributed by atoms with Crippen LogP contribution < -0.4 is 16.2 Å². The standard InChI is InChI=1S/C15H18ClN5O3S2/c1-9(7-23-2)17-14(25)20-18-12(22)8-26-15-21-19-13(24-15)10-5-3-4-6-11(10)16/h3-6,9H,7-8H2,1-2H3,(H,18,22)(H2,17,20,25)/t9-/m1/s1. The second-order valence-corrected chi connectivity index (χ2v) is 6.89. The highest BCUT2D eigenvalue weighted by Crippen LogP contribution is 2.28. The molecule has 0 aliphatic carbocycles. The third-order valence-corrected chi connectivity index (χ3v) is 4.32. The molecule has 0 unspecified atom stereocenters. The Bertz CT molecular complexity index is 758. The van der Waals surface area contributed by atoms with Gasteiger partial charge in [0, 0.05) is 13.2 Å². The Morgan fingerprint density at radius 2 is 2.15 bits per heavy atom. The van der Waals surface area contributed by atoms with E-state index in [1.54, 1.807) is 19.2 Å². The van der Waals surface area contributed by atoms with Crippen molar-refractivity contribution in [1.82, 2.24) is 26.4 Å². The Morgan fingerprint density at radius 1 is 1.38 bits per heavy atom. The van der Waals surface area contributed by atoms with Crippen molar-refractivity contribution in [2.75, 3.05) is 19.5 Å². The first-order valence-electron chi connectivity index (χ1n) is 7.55. The van der Waals surface area contributed by atoms with E-state index in [2.05, 4.69) is 26.4 Å². The zero-order chi connectivity index (χ0) is 18.9. The lowest BCUT2D eigenvalue weighted by atomic mass is 10.2. The van der Waals surface area contributed by atoms with Crippen LogP contribution in [0.4, 0.5) is 0 Å². The zero-order valence-electron chi connectivity index (χ0n) is 14.1. The van der Waals surface area contributed by atoms with Crippen molar-refractivity contribution in [3.63, 3.8) is 0 Å². The minimum Gasteiger partial charge on any atom is -0.411 e. The fraction of sp³-hybridized carbons (Fsp3) is 0.333. The summed E-state index contributed by atoms with van der Waals surface area (Å²) in [4.78, 5) is 11.8. The van der Waals surface area contributed by atoms with Crippen molar-refractivity contribution in [2.45, 2.75) is 18.2 Å². The van der Waals surface area contributed by atoms with Gasteiger partial charge in [-0.15, -0.1) is 10.2 Å². The number of ether oxygens (including phenoxy) is 1. The number of benzene rings is 1. The molecule has 2 rings (SSSR count). The van der Waals surface area contributed by atoms with Crippen molar-refractivity contribution in [3.8, 4) is 11.5 Å². The summed E-state index contributed by atoms with van der Waals surface area (Å²) in [7, 11) is 1.60. The Morgan fingerprint density at radius 3 is 2.88 bits per heavy atom. The number of nitrogens with zero attached hydrogens (tertiary/aromatic N) is 2. The molecule has 0 fully saturated rings. The lowest BCUT2D eigenvalue weighted by Crippen LogP contribution is -2.50. The molecular formula is C15H18ClN5O3S2. The topological polar surface area (TPSA) is 101 Å². The largest absolute Gasteiger partial charge is 0.411 e. The van der Waals surface area contributed by atoms with Gasteiger partial charge in [0.15, 0.2) is 5.11 Å². The number of hydrogen-bond acceptors (Lipinski definition) is 7. The molecule has 11 heteroatoms. The van der Waals surface area contributed by atoms with E-state index in [4.69, 9.17) is 33.0 Å². The van der Waals surface area contributed by atoms with Gasteiger partial charge >= 0.3 is 0 Å². The van der Waals surface area contributed by atoms with E-state index < -0.39 is 0 Å². The molecule has 3 N–H and O–H groups in total. The third-order valence-electron chi connectivity index (χ3n) is 2.95. The van der Waals surface area contributed by atoms with E-state index in [0.717, 1.165) is 11.8 Å². The summed E-state index contributed by atoms with van der Waals surface area (Å²) in [6.45, 7) is 2.40. The molecule has 1 heterocycles. The van der Waals surface area contributed by atoms with Crippen LogP contribution in [0.3, 0.4) is 0 Å². The number of hydrogen-bond donors (Lipinski definition) is 3. The number of carbonyl (C=O) groups is 1. The second kappa shape index (κ2) is 10.3. The van der Waals surface area contributed by atoms with Crippen molar-refractivity contribution in [2.24, 2.45) is 0 Å². The van der Waals surface area contributed by atoms with Crippen LogP contribution in [0, 0.1) is 0 Å². The van der Waals surface area contributed by atoms with E-state index in [-0.39, 0.29) is 22.9 Å². The zero-order valence-corrected chi connectivity index (χ0v) is 16.5. The molecule has 140 valence electrons. The predicted octanol–water partition coefficient (Wildman–Crippen LogP) is 2.01. The molecule has 26 heavy (non-hydrogen) atoms. The smallest absolute Gasteiger partial charge is 0.277 e. The number of thiocarbonyl (C=S) groups is 1. The summed E-state index contributed by atoms with van der Waals surface area (Å²) in [5.74, 6) is 0.0816.